The molecule has 124 valence electrons. The normalized spacial score (nSPS) is 20.7. The highest BCUT2D eigenvalue weighted by Gasteiger charge is 2.41. The van der Waals surface area contributed by atoms with E-state index in [9.17, 15) is 9.59 Å². The smallest absolute Gasteiger partial charge is 0.311 e. The van der Waals surface area contributed by atoms with Crippen LogP contribution in [0.1, 0.15) is 30.0 Å². The topological polar surface area (TPSA) is 46.6 Å². The zero-order valence-corrected chi connectivity index (χ0v) is 13.7. The van der Waals surface area contributed by atoms with Crippen LogP contribution in [-0.4, -0.2) is 23.9 Å². The summed E-state index contributed by atoms with van der Waals surface area (Å²) in [5.41, 5.74) is 2.02. The van der Waals surface area contributed by atoms with Crippen LogP contribution >= 0.6 is 0 Å². The standard InChI is InChI=1S/C20H21NO3/c1-24-20(23)17-12-13-18(22)21(14-15-8-4-2-5-9-15)19(17)16-10-6-3-7-11-16/h2-11,17,19H,12-14H2,1H3/t17-,19+/m1/s1. The van der Waals surface area contributed by atoms with E-state index in [1.807, 2.05) is 65.6 Å². The molecule has 1 aliphatic heterocycles. The monoisotopic (exact) mass is 323 g/mol. The van der Waals surface area contributed by atoms with Gasteiger partial charge >= 0.3 is 5.97 Å². The highest BCUT2D eigenvalue weighted by molar-refractivity contribution is 5.82. The van der Waals surface area contributed by atoms with Crippen LogP contribution < -0.4 is 0 Å². The number of hydrogen-bond donors (Lipinski definition) is 0. The van der Waals surface area contributed by atoms with E-state index in [1.165, 1.54) is 7.11 Å². The molecule has 0 radical (unpaired) electrons. The van der Waals surface area contributed by atoms with Crippen molar-refractivity contribution in [2.75, 3.05) is 7.11 Å². The van der Waals surface area contributed by atoms with Gasteiger partial charge < -0.3 is 9.64 Å². The minimum atomic E-state index is -0.334. The average Bonchev–Trinajstić information content (AvgIpc) is 2.64. The Morgan fingerprint density at radius 2 is 1.71 bits per heavy atom. The molecule has 0 bridgehead atoms. The molecule has 0 unspecified atom stereocenters. The second-order valence-corrected chi connectivity index (χ2v) is 6.03. The lowest BCUT2D eigenvalue weighted by molar-refractivity contribution is -0.155. The van der Waals surface area contributed by atoms with Crippen LogP contribution in [0.2, 0.25) is 0 Å². The Morgan fingerprint density at radius 1 is 1.08 bits per heavy atom. The molecule has 2 aromatic carbocycles. The molecule has 0 N–H and O–H groups in total. The lowest BCUT2D eigenvalue weighted by atomic mass is 9.84. The molecule has 3 rings (SSSR count). The Balaban J connectivity index is 1.98. The van der Waals surface area contributed by atoms with Gasteiger partial charge in [-0.3, -0.25) is 9.59 Å². The highest BCUT2D eigenvalue weighted by Crippen LogP contribution is 2.38. The summed E-state index contributed by atoms with van der Waals surface area (Å²) >= 11 is 0. The number of likely N-dealkylation sites (tertiary alicyclic amines) is 1. The molecule has 1 saturated heterocycles. The summed E-state index contributed by atoms with van der Waals surface area (Å²) in [6.45, 7) is 0.493. The van der Waals surface area contributed by atoms with Gasteiger partial charge in [-0.05, 0) is 17.5 Å². The second-order valence-electron chi connectivity index (χ2n) is 6.03. The van der Waals surface area contributed by atoms with Crippen LogP contribution in [-0.2, 0) is 20.9 Å². The number of methoxy groups -OCH3 is 1. The zero-order valence-electron chi connectivity index (χ0n) is 13.7. The predicted molar refractivity (Wildman–Crippen MR) is 90.9 cm³/mol. The van der Waals surface area contributed by atoms with Gasteiger partial charge in [-0.1, -0.05) is 60.7 Å². The molecular weight excluding hydrogens is 302 g/mol. The van der Waals surface area contributed by atoms with Gasteiger partial charge in [-0.2, -0.15) is 0 Å². The molecule has 2 atom stereocenters. The minimum absolute atomic E-state index is 0.0767. The summed E-state index contributed by atoms with van der Waals surface area (Å²) in [6.07, 6.45) is 0.895. The van der Waals surface area contributed by atoms with Crippen molar-refractivity contribution in [1.82, 2.24) is 4.90 Å². The van der Waals surface area contributed by atoms with Crippen molar-refractivity contribution in [3.63, 3.8) is 0 Å². The quantitative estimate of drug-likeness (QED) is 0.811. The molecular formula is C20H21NO3. The number of piperidine rings is 1. The summed E-state index contributed by atoms with van der Waals surface area (Å²) in [4.78, 5) is 26.7. The van der Waals surface area contributed by atoms with Gasteiger partial charge in [0.2, 0.25) is 5.91 Å². The molecule has 0 saturated carbocycles. The van der Waals surface area contributed by atoms with E-state index >= 15 is 0 Å². The number of esters is 1. The molecule has 1 heterocycles. The van der Waals surface area contributed by atoms with Gasteiger partial charge in [-0.15, -0.1) is 0 Å². The Bertz CT molecular complexity index is 699. The number of hydrogen-bond acceptors (Lipinski definition) is 3. The minimum Gasteiger partial charge on any atom is -0.469 e. The van der Waals surface area contributed by atoms with Gasteiger partial charge in [0, 0.05) is 13.0 Å². The van der Waals surface area contributed by atoms with Crippen LogP contribution in [0.15, 0.2) is 60.7 Å². The van der Waals surface area contributed by atoms with Gasteiger partial charge in [0.05, 0.1) is 19.1 Å². The SMILES string of the molecule is COC(=O)[C@@H]1CCC(=O)N(Cc2ccccc2)[C@H]1c1ccccc1. The summed E-state index contributed by atoms with van der Waals surface area (Å²) in [7, 11) is 1.41. The maximum atomic E-state index is 12.6. The average molecular weight is 323 g/mol. The first-order valence-electron chi connectivity index (χ1n) is 8.17. The number of amides is 1. The van der Waals surface area contributed by atoms with Crippen molar-refractivity contribution in [3.05, 3.63) is 71.8 Å². The molecule has 1 fully saturated rings. The molecule has 4 nitrogen and oxygen atoms in total. The van der Waals surface area contributed by atoms with Gasteiger partial charge in [0.1, 0.15) is 0 Å². The number of carbonyl (C=O) groups excluding carboxylic acids is 2. The van der Waals surface area contributed by atoms with Crippen molar-refractivity contribution in [1.29, 1.82) is 0 Å². The van der Waals surface area contributed by atoms with E-state index in [2.05, 4.69) is 0 Å². The van der Waals surface area contributed by atoms with Crippen molar-refractivity contribution in [3.8, 4) is 0 Å². The van der Waals surface area contributed by atoms with E-state index < -0.39 is 0 Å². The molecule has 0 aromatic heterocycles. The van der Waals surface area contributed by atoms with E-state index in [0.29, 0.717) is 19.4 Å². The summed E-state index contributed by atoms with van der Waals surface area (Å²) in [6, 6.07) is 19.3. The van der Waals surface area contributed by atoms with Crippen LogP contribution in [0.3, 0.4) is 0 Å². The Morgan fingerprint density at radius 3 is 2.33 bits per heavy atom. The fraction of sp³-hybridized carbons (Fsp3) is 0.300. The number of benzene rings is 2. The van der Waals surface area contributed by atoms with Gasteiger partial charge in [0.15, 0.2) is 0 Å². The van der Waals surface area contributed by atoms with E-state index in [1.54, 1.807) is 0 Å². The number of ether oxygens (including phenoxy) is 1. The van der Waals surface area contributed by atoms with Crippen LogP contribution in [0.25, 0.3) is 0 Å². The summed E-state index contributed by atoms with van der Waals surface area (Å²) < 4.78 is 5.00. The van der Waals surface area contributed by atoms with Crippen molar-refractivity contribution in [2.45, 2.75) is 25.4 Å². The molecule has 0 aliphatic carbocycles. The summed E-state index contributed by atoms with van der Waals surface area (Å²) in [5.74, 6) is -0.513. The number of carbonyl (C=O) groups is 2. The Hall–Kier alpha value is -2.62. The zero-order chi connectivity index (χ0) is 16.9. The van der Waals surface area contributed by atoms with Crippen LogP contribution in [0.4, 0.5) is 0 Å². The second kappa shape index (κ2) is 7.30. The van der Waals surface area contributed by atoms with Crippen LogP contribution in [0, 0.1) is 5.92 Å². The van der Waals surface area contributed by atoms with E-state index in [0.717, 1.165) is 11.1 Å². The first kappa shape index (κ1) is 16.2. The first-order valence-corrected chi connectivity index (χ1v) is 8.17. The third-order valence-corrected chi connectivity index (χ3v) is 4.55. The summed E-state index contributed by atoms with van der Waals surface area (Å²) in [5, 5.41) is 0. The van der Waals surface area contributed by atoms with E-state index in [-0.39, 0.29) is 23.8 Å². The maximum absolute atomic E-state index is 12.6. The molecule has 1 amide bonds. The third kappa shape index (κ3) is 3.32. The largest absolute Gasteiger partial charge is 0.469 e. The van der Waals surface area contributed by atoms with Gasteiger partial charge in [0.25, 0.3) is 0 Å². The Kier molecular flexibility index (Phi) is 4.94. The first-order chi connectivity index (χ1) is 11.7. The van der Waals surface area contributed by atoms with Gasteiger partial charge in [-0.25, -0.2) is 0 Å². The lowest BCUT2D eigenvalue weighted by Gasteiger charge is -2.40. The molecule has 24 heavy (non-hydrogen) atoms. The predicted octanol–water partition coefficient (Wildman–Crippen LogP) is 3.34. The number of nitrogens with zero attached hydrogens (tertiary/aromatic N) is 1. The maximum Gasteiger partial charge on any atom is 0.311 e. The molecule has 0 spiro atoms. The molecule has 1 aliphatic rings. The fourth-order valence-corrected chi connectivity index (χ4v) is 3.38. The van der Waals surface area contributed by atoms with Crippen LogP contribution in [0.5, 0.6) is 0 Å². The lowest BCUT2D eigenvalue weighted by Crippen LogP contribution is -2.45. The van der Waals surface area contributed by atoms with Crippen molar-refractivity contribution < 1.29 is 14.3 Å². The number of rotatable bonds is 4. The van der Waals surface area contributed by atoms with Crippen molar-refractivity contribution in [2.24, 2.45) is 5.92 Å². The van der Waals surface area contributed by atoms with Crippen molar-refractivity contribution >= 4 is 11.9 Å². The third-order valence-electron chi connectivity index (χ3n) is 4.55. The van der Waals surface area contributed by atoms with E-state index in [4.69, 9.17) is 4.74 Å². The highest BCUT2D eigenvalue weighted by atomic mass is 16.5. The molecule has 2 aromatic rings. The fourth-order valence-electron chi connectivity index (χ4n) is 3.38. The Labute approximate surface area is 142 Å². The molecule has 4 heteroatoms.